The van der Waals surface area contributed by atoms with Crippen LogP contribution in [0.5, 0.6) is 0 Å². The van der Waals surface area contributed by atoms with Gasteiger partial charge in [0.15, 0.2) is 0 Å². The smallest absolute Gasteiger partial charge is 0.208 e. The first kappa shape index (κ1) is 12.2. The van der Waals surface area contributed by atoms with Gasteiger partial charge in [-0.1, -0.05) is 0 Å². The molecule has 0 atom stereocenters. The number of nitrogens with zero attached hydrogens (tertiary/aromatic N) is 2. The molecule has 4 nitrogen and oxygen atoms in total. The van der Waals surface area contributed by atoms with Crippen molar-refractivity contribution in [2.75, 3.05) is 6.54 Å². The summed E-state index contributed by atoms with van der Waals surface area (Å²) >= 11 is 0. The molecule has 0 rings (SSSR count). The van der Waals surface area contributed by atoms with E-state index in [2.05, 4.69) is 36.1 Å². The Labute approximate surface area is 81.2 Å². The summed E-state index contributed by atoms with van der Waals surface area (Å²) < 4.78 is 0. The van der Waals surface area contributed by atoms with E-state index in [4.69, 9.17) is 5.84 Å². The van der Waals surface area contributed by atoms with Gasteiger partial charge in [-0.3, -0.25) is 5.43 Å². The lowest BCUT2D eigenvalue weighted by Crippen LogP contribution is -2.48. The first-order valence-electron chi connectivity index (χ1n) is 4.84. The Morgan fingerprint density at radius 1 is 1.38 bits per heavy atom. The molecule has 13 heavy (non-hydrogen) atoms. The third kappa shape index (κ3) is 4.12. The van der Waals surface area contributed by atoms with Gasteiger partial charge in [0, 0.05) is 18.6 Å². The van der Waals surface area contributed by atoms with Crippen molar-refractivity contribution >= 4 is 5.96 Å². The van der Waals surface area contributed by atoms with E-state index in [0.29, 0.717) is 6.04 Å². The van der Waals surface area contributed by atoms with Crippen molar-refractivity contribution in [3.63, 3.8) is 0 Å². The lowest BCUT2D eigenvalue weighted by Gasteiger charge is -2.28. The van der Waals surface area contributed by atoms with Crippen molar-refractivity contribution in [1.29, 1.82) is 0 Å². The fourth-order valence-corrected chi connectivity index (χ4v) is 1.20. The van der Waals surface area contributed by atoms with Gasteiger partial charge < -0.3 is 4.90 Å². The first-order valence-corrected chi connectivity index (χ1v) is 4.84. The summed E-state index contributed by atoms with van der Waals surface area (Å²) in [6.45, 7) is 11.3. The number of hydrogen-bond acceptors (Lipinski definition) is 2. The summed E-state index contributed by atoms with van der Waals surface area (Å²) in [4.78, 5) is 6.52. The maximum Gasteiger partial charge on any atom is 0.208 e. The monoisotopic (exact) mass is 186 g/mol. The lowest BCUT2D eigenvalue weighted by molar-refractivity contribution is 0.352. The molecule has 0 aromatic heterocycles. The van der Waals surface area contributed by atoms with Crippen LogP contribution in [0.1, 0.15) is 34.6 Å². The van der Waals surface area contributed by atoms with Crippen LogP contribution < -0.4 is 11.3 Å². The van der Waals surface area contributed by atoms with Crippen molar-refractivity contribution in [1.82, 2.24) is 10.3 Å². The van der Waals surface area contributed by atoms with Crippen LogP contribution in [0, 0.1) is 0 Å². The van der Waals surface area contributed by atoms with E-state index in [1.807, 2.05) is 13.8 Å². The van der Waals surface area contributed by atoms with Gasteiger partial charge in [0.05, 0.1) is 0 Å². The molecule has 3 N–H and O–H groups in total. The molecule has 0 heterocycles. The summed E-state index contributed by atoms with van der Waals surface area (Å²) in [5.41, 5.74) is 2.64. The second-order valence-electron chi connectivity index (χ2n) is 3.57. The van der Waals surface area contributed by atoms with Gasteiger partial charge in [-0.15, -0.1) is 0 Å². The van der Waals surface area contributed by atoms with Gasteiger partial charge in [-0.2, -0.15) is 0 Å². The highest BCUT2D eigenvalue weighted by Crippen LogP contribution is 1.99. The van der Waals surface area contributed by atoms with Gasteiger partial charge in [0.25, 0.3) is 0 Å². The number of hydrazine groups is 1. The van der Waals surface area contributed by atoms with Gasteiger partial charge in [-0.05, 0) is 34.6 Å². The Morgan fingerprint density at radius 2 is 1.92 bits per heavy atom. The zero-order valence-electron chi connectivity index (χ0n) is 9.33. The SMILES string of the molecule is CCN(C(=NC(C)C)NN)C(C)C. The maximum absolute atomic E-state index is 5.41. The van der Waals surface area contributed by atoms with E-state index in [9.17, 15) is 0 Å². The average Bonchev–Trinajstić information content (AvgIpc) is 2.02. The average molecular weight is 186 g/mol. The minimum atomic E-state index is 0.263. The largest absolute Gasteiger partial charge is 0.340 e. The molecule has 0 saturated heterocycles. The molecule has 4 heteroatoms. The fourth-order valence-electron chi connectivity index (χ4n) is 1.20. The van der Waals surface area contributed by atoms with Gasteiger partial charge in [0.2, 0.25) is 5.96 Å². The number of rotatable bonds is 3. The Morgan fingerprint density at radius 3 is 2.15 bits per heavy atom. The Bertz CT molecular complexity index is 163. The molecule has 0 aromatic rings. The summed E-state index contributed by atoms with van der Waals surface area (Å²) in [6, 6.07) is 0.678. The summed E-state index contributed by atoms with van der Waals surface area (Å²) in [5, 5.41) is 0. The van der Waals surface area contributed by atoms with Gasteiger partial charge in [0.1, 0.15) is 0 Å². The number of nitrogens with two attached hydrogens (primary N) is 1. The summed E-state index contributed by atoms with van der Waals surface area (Å²) in [5.74, 6) is 6.18. The number of guanidine groups is 1. The van der Waals surface area contributed by atoms with Crippen LogP contribution >= 0.6 is 0 Å². The fraction of sp³-hybridized carbons (Fsp3) is 0.889. The molecule has 0 aromatic carbocycles. The maximum atomic E-state index is 5.41. The minimum absolute atomic E-state index is 0.263. The van der Waals surface area contributed by atoms with Gasteiger partial charge in [-0.25, -0.2) is 10.8 Å². The minimum Gasteiger partial charge on any atom is -0.340 e. The van der Waals surface area contributed by atoms with E-state index in [-0.39, 0.29) is 6.04 Å². The molecular formula is C9H22N4. The molecule has 0 aliphatic rings. The second-order valence-corrected chi connectivity index (χ2v) is 3.57. The predicted molar refractivity (Wildman–Crippen MR) is 57.4 cm³/mol. The highest BCUT2D eigenvalue weighted by atomic mass is 15.4. The van der Waals surface area contributed by atoms with Crippen LogP contribution in [-0.4, -0.2) is 29.5 Å². The molecule has 0 fully saturated rings. The van der Waals surface area contributed by atoms with Crippen LogP contribution in [0.25, 0.3) is 0 Å². The number of aliphatic imine (C=N–C) groups is 1. The highest BCUT2D eigenvalue weighted by Gasteiger charge is 2.11. The summed E-state index contributed by atoms with van der Waals surface area (Å²) in [7, 11) is 0. The van der Waals surface area contributed by atoms with Crippen LogP contribution in [0.3, 0.4) is 0 Å². The molecule has 0 aliphatic heterocycles. The Hall–Kier alpha value is -0.770. The molecule has 78 valence electrons. The van der Waals surface area contributed by atoms with Crippen molar-refractivity contribution in [2.45, 2.75) is 46.7 Å². The Kier molecular flexibility index (Phi) is 5.46. The topological polar surface area (TPSA) is 53.6 Å². The van der Waals surface area contributed by atoms with Crippen LogP contribution in [0.2, 0.25) is 0 Å². The zero-order valence-corrected chi connectivity index (χ0v) is 9.33. The Balaban J connectivity index is 4.52. The molecule has 0 radical (unpaired) electrons. The van der Waals surface area contributed by atoms with Crippen molar-refractivity contribution in [3.05, 3.63) is 0 Å². The van der Waals surface area contributed by atoms with E-state index in [1.54, 1.807) is 0 Å². The summed E-state index contributed by atoms with van der Waals surface area (Å²) in [6.07, 6.45) is 0. The standard InChI is InChI=1S/C9H22N4/c1-6-13(8(4)5)9(12-10)11-7(2)3/h7-8H,6,10H2,1-5H3,(H,11,12). The lowest BCUT2D eigenvalue weighted by atomic mass is 10.3. The zero-order chi connectivity index (χ0) is 10.4. The second kappa shape index (κ2) is 5.80. The molecule has 0 saturated carbocycles. The van der Waals surface area contributed by atoms with Crippen molar-refractivity contribution in [2.24, 2.45) is 10.8 Å². The molecule has 0 bridgehead atoms. The van der Waals surface area contributed by atoms with E-state index in [0.717, 1.165) is 12.5 Å². The van der Waals surface area contributed by atoms with E-state index >= 15 is 0 Å². The van der Waals surface area contributed by atoms with Crippen molar-refractivity contribution < 1.29 is 0 Å². The molecular weight excluding hydrogens is 164 g/mol. The molecule has 0 unspecified atom stereocenters. The predicted octanol–water partition coefficient (Wildman–Crippen LogP) is 0.944. The third-order valence-corrected chi connectivity index (χ3v) is 1.75. The number of nitrogens with one attached hydrogen (secondary N) is 1. The molecule has 0 amide bonds. The van der Waals surface area contributed by atoms with Crippen LogP contribution in [0.4, 0.5) is 0 Å². The van der Waals surface area contributed by atoms with E-state index in [1.165, 1.54) is 0 Å². The van der Waals surface area contributed by atoms with Gasteiger partial charge >= 0.3 is 0 Å². The highest BCUT2D eigenvalue weighted by molar-refractivity contribution is 5.79. The van der Waals surface area contributed by atoms with Crippen LogP contribution in [-0.2, 0) is 0 Å². The number of hydrogen-bond donors (Lipinski definition) is 2. The quantitative estimate of drug-likeness (QED) is 0.298. The van der Waals surface area contributed by atoms with E-state index < -0.39 is 0 Å². The molecule has 0 aliphatic carbocycles. The van der Waals surface area contributed by atoms with Crippen molar-refractivity contribution in [3.8, 4) is 0 Å². The van der Waals surface area contributed by atoms with Crippen LogP contribution in [0.15, 0.2) is 4.99 Å². The third-order valence-electron chi connectivity index (χ3n) is 1.75. The molecule has 0 spiro atoms. The normalized spacial score (nSPS) is 12.5. The first-order chi connectivity index (χ1) is 6.02.